The van der Waals surface area contributed by atoms with Crippen LogP contribution in [0.1, 0.15) is 32.3 Å². The molecule has 0 saturated heterocycles. The van der Waals surface area contributed by atoms with Crippen LogP contribution in [-0.4, -0.2) is 33.0 Å². The molecular weight excluding hydrogens is 346 g/mol. The van der Waals surface area contributed by atoms with E-state index in [2.05, 4.69) is 88.5 Å². The van der Waals surface area contributed by atoms with Crippen molar-refractivity contribution in [2.24, 2.45) is 7.05 Å². The first-order chi connectivity index (χ1) is 13.7. The highest BCUT2D eigenvalue weighted by atomic mass is 15.4. The van der Waals surface area contributed by atoms with Crippen molar-refractivity contribution < 1.29 is 4.57 Å². The van der Waals surface area contributed by atoms with Gasteiger partial charge in [0.2, 0.25) is 0 Å². The lowest BCUT2D eigenvalue weighted by Gasteiger charge is -2.22. The SMILES string of the molecule is CCCN1C=CC(c2ccc(-c3cc[n+](CCC)cc3)c3nn(C)nc23)=CC1. The summed E-state index contributed by atoms with van der Waals surface area (Å²) in [4.78, 5) is 4.01. The third-order valence-corrected chi connectivity index (χ3v) is 5.16. The van der Waals surface area contributed by atoms with Gasteiger partial charge < -0.3 is 4.90 Å². The Labute approximate surface area is 166 Å². The van der Waals surface area contributed by atoms with Gasteiger partial charge in [-0.1, -0.05) is 32.1 Å². The van der Waals surface area contributed by atoms with E-state index in [-0.39, 0.29) is 0 Å². The van der Waals surface area contributed by atoms with E-state index >= 15 is 0 Å². The molecule has 2 aromatic heterocycles. The minimum absolute atomic E-state index is 0.944. The molecule has 1 aliphatic heterocycles. The average Bonchev–Trinajstić information content (AvgIpc) is 3.10. The van der Waals surface area contributed by atoms with Crippen molar-refractivity contribution in [3.63, 3.8) is 0 Å². The van der Waals surface area contributed by atoms with E-state index in [0.717, 1.165) is 54.6 Å². The number of aryl methyl sites for hydroxylation is 2. The van der Waals surface area contributed by atoms with Crippen LogP contribution in [0.2, 0.25) is 0 Å². The van der Waals surface area contributed by atoms with Gasteiger partial charge in [-0.25, -0.2) is 4.57 Å². The maximum absolute atomic E-state index is 4.69. The number of nitrogens with zero attached hydrogens (tertiary/aromatic N) is 5. The highest BCUT2D eigenvalue weighted by Gasteiger charge is 2.16. The summed E-state index contributed by atoms with van der Waals surface area (Å²) in [5.41, 5.74) is 6.59. The predicted octanol–water partition coefficient (Wildman–Crippen LogP) is 3.96. The monoisotopic (exact) mass is 374 g/mol. The van der Waals surface area contributed by atoms with Crippen molar-refractivity contribution in [2.45, 2.75) is 33.2 Å². The van der Waals surface area contributed by atoms with E-state index in [1.54, 1.807) is 4.80 Å². The zero-order chi connectivity index (χ0) is 19.5. The lowest BCUT2D eigenvalue weighted by atomic mass is 9.97. The third-order valence-electron chi connectivity index (χ3n) is 5.16. The molecule has 0 unspecified atom stereocenters. The molecule has 3 aromatic rings. The molecule has 144 valence electrons. The summed E-state index contributed by atoms with van der Waals surface area (Å²) in [5.74, 6) is 0. The number of benzene rings is 1. The molecule has 4 rings (SSSR count). The van der Waals surface area contributed by atoms with Gasteiger partial charge in [0.1, 0.15) is 17.6 Å². The first kappa shape index (κ1) is 18.4. The molecule has 3 heterocycles. The van der Waals surface area contributed by atoms with Crippen LogP contribution in [0.4, 0.5) is 0 Å². The fraction of sp³-hybridized carbons (Fsp3) is 0.348. The van der Waals surface area contributed by atoms with Crippen molar-refractivity contribution in [2.75, 3.05) is 13.1 Å². The van der Waals surface area contributed by atoms with Gasteiger partial charge in [-0.05, 0) is 29.8 Å². The summed E-state index contributed by atoms with van der Waals surface area (Å²) in [6.07, 6.45) is 13.2. The standard InChI is InChI=1S/C23H28N5/c1-4-12-27-14-8-18(9-15-27)20-6-7-21(23-22(20)24-26(3)25-23)19-10-16-28(13-5-2)17-11-19/h6-11,14-16H,4-5,12-13,17H2,1-3H3/q+1. The fourth-order valence-corrected chi connectivity index (χ4v) is 3.79. The maximum Gasteiger partial charge on any atom is 0.169 e. The largest absolute Gasteiger partial charge is 0.374 e. The van der Waals surface area contributed by atoms with Gasteiger partial charge >= 0.3 is 0 Å². The second-order valence-electron chi connectivity index (χ2n) is 7.34. The summed E-state index contributed by atoms with van der Waals surface area (Å²) in [6, 6.07) is 8.70. The smallest absolute Gasteiger partial charge is 0.169 e. The summed E-state index contributed by atoms with van der Waals surface area (Å²) < 4.78 is 2.21. The third kappa shape index (κ3) is 3.57. The molecule has 0 fully saturated rings. The van der Waals surface area contributed by atoms with Gasteiger partial charge in [-0.2, -0.15) is 15.0 Å². The molecule has 5 heteroatoms. The van der Waals surface area contributed by atoms with Crippen molar-refractivity contribution in [3.05, 3.63) is 60.6 Å². The number of pyridine rings is 1. The van der Waals surface area contributed by atoms with Gasteiger partial charge in [-0.15, -0.1) is 0 Å². The molecule has 0 amide bonds. The molecule has 28 heavy (non-hydrogen) atoms. The molecule has 0 spiro atoms. The van der Waals surface area contributed by atoms with Crippen molar-refractivity contribution in [1.29, 1.82) is 0 Å². The van der Waals surface area contributed by atoms with Crippen LogP contribution >= 0.6 is 0 Å². The predicted molar refractivity (Wildman–Crippen MR) is 113 cm³/mol. The Balaban J connectivity index is 1.72. The maximum atomic E-state index is 4.69. The van der Waals surface area contributed by atoms with Gasteiger partial charge in [0.15, 0.2) is 12.4 Å². The van der Waals surface area contributed by atoms with E-state index in [9.17, 15) is 0 Å². The zero-order valence-electron chi connectivity index (χ0n) is 17.0. The van der Waals surface area contributed by atoms with Crippen LogP contribution in [0.5, 0.6) is 0 Å². The van der Waals surface area contributed by atoms with Crippen molar-refractivity contribution in [3.8, 4) is 11.1 Å². The van der Waals surface area contributed by atoms with Crippen molar-refractivity contribution >= 4 is 16.6 Å². The Bertz CT molecular complexity index is 1030. The summed E-state index contributed by atoms with van der Waals surface area (Å²) in [7, 11) is 1.89. The minimum Gasteiger partial charge on any atom is -0.374 e. The van der Waals surface area contributed by atoms with Gasteiger partial charge in [0.25, 0.3) is 0 Å². The Hall–Kier alpha value is -2.95. The zero-order valence-corrected chi connectivity index (χ0v) is 17.0. The van der Waals surface area contributed by atoms with Gasteiger partial charge in [-0.3, -0.25) is 0 Å². The Kier molecular flexibility index (Phi) is 5.24. The molecule has 0 bridgehead atoms. The molecule has 0 radical (unpaired) electrons. The van der Waals surface area contributed by atoms with Gasteiger partial charge in [0.05, 0.1) is 0 Å². The summed E-state index contributed by atoms with van der Waals surface area (Å²) in [6.45, 7) is 7.47. The molecule has 1 aromatic carbocycles. The van der Waals surface area contributed by atoms with Crippen LogP contribution in [0.15, 0.2) is 55.0 Å². The number of aromatic nitrogens is 4. The highest BCUT2D eigenvalue weighted by molar-refractivity contribution is 5.99. The molecular formula is C23H28N5+. The minimum atomic E-state index is 0.944. The lowest BCUT2D eigenvalue weighted by molar-refractivity contribution is -0.696. The van der Waals surface area contributed by atoms with E-state index in [0.29, 0.717) is 0 Å². The first-order valence-corrected chi connectivity index (χ1v) is 10.2. The van der Waals surface area contributed by atoms with Gasteiger partial charge in [0, 0.05) is 49.8 Å². The normalized spacial score (nSPS) is 14.0. The molecule has 0 N–H and O–H groups in total. The first-order valence-electron chi connectivity index (χ1n) is 10.2. The number of rotatable bonds is 6. The molecule has 0 saturated carbocycles. The molecule has 0 aliphatic carbocycles. The van der Waals surface area contributed by atoms with Crippen LogP contribution in [0.3, 0.4) is 0 Å². The van der Waals surface area contributed by atoms with E-state index in [1.807, 2.05) is 7.05 Å². The summed E-state index contributed by atoms with van der Waals surface area (Å²) >= 11 is 0. The molecule has 5 nitrogen and oxygen atoms in total. The van der Waals surface area contributed by atoms with E-state index in [1.165, 1.54) is 11.1 Å². The second-order valence-corrected chi connectivity index (χ2v) is 7.34. The summed E-state index contributed by atoms with van der Waals surface area (Å²) in [5, 5.41) is 9.37. The molecule has 1 aliphatic rings. The Morgan fingerprint density at radius 3 is 2.32 bits per heavy atom. The second kappa shape index (κ2) is 7.97. The van der Waals surface area contributed by atoms with Crippen LogP contribution in [0, 0.1) is 0 Å². The molecule has 0 atom stereocenters. The van der Waals surface area contributed by atoms with Crippen LogP contribution < -0.4 is 4.57 Å². The number of fused-ring (bicyclic) bond motifs is 1. The number of allylic oxidation sites excluding steroid dienone is 2. The lowest BCUT2D eigenvalue weighted by Crippen LogP contribution is -2.31. The van der Waals surface area contributed by atoms with E-state index < -0.39 is 0 Å². The quantitative estimate of drug-likeness (QED) is 0.613. The fourth-order valence-electron chi connectivity index (χ4n) is 3.79. The van der Waals surface area contributed by atoms with Crippen LogP contribution in [-0.2, 0) is 13.6 Å². The van der Waals surface area contributed by atoms with Crippen molar-refractivity contribution in [1.82, 2.24) is 19.9 Å². The number of hydrogen-bond donors (Lipinski definition) is 0. The van der Waals surface area contributed by atoms with Crippen LogP contribution in [0.25, 0.3) is 27.7 Å². The Morgan fingerprint density at radius 2 is 1.68 bits per heavy atom. The topological polar surface area (TPSA) is 37.8 Å². The highest BCUT2D eigenvalue weighted by Crippen LogP contribution is 2.32. The van der Waals surface area contributed by atoms with E-state index in [4.69, 9.17) is 0 Å². The average molecular weight is 375 g/mol. The number of hydrogen-bond acceptors (Lipinski definition) is 3. The Morgan fingerprint density at radius 1 is 0.964 bits per heavy atom.